The first kappa shape index (κ1) is 15.6. The number of hydrogen-bond acceptors (Lipinski definition) is 4. The van der Waals surface area contributed by atoms with E-state index in [9.17, 15) is 14.9 Å². The van der Waals surface area contributed by atoms with Crippen molar-refractivity contribution in [3.63, 3.8) is 0 Å². The molecular weight excluding hydrogens is 320 g/mol. The Morgan fingerprint density at radius 1 is 1.16 bits per heavy atom. The van der Waals surface area contributed by atoms with E-state index in [1.165, 1.54) is 12.1 Å². The van der Waals surface area contributed by atoms with Crippen LogP contribution in [-0.2, 0) is 10.2 Å². The number of fused-ring (bicyclic) bond motifs is 2. The van der Waals surface area contributed by atoms with Crippen LogP contribution in [0.25, 0.3) is 0 Å². The molecule has 0 atom stereocenters. The van der Waals surface area contributed by atoms with Gasteiger partial charge in [0.15, 0.2) is 0 Å². The lowest BCUT2D eigenvalue weighted by atomic mass is 9.65. The Hall–Kier alpha value is -2.89. The van der Waals surface area contributed by atoms with E-state index in [1.54, 1.807) is 13.8 Å². The summed E-state index contributed by atoms with van der Waals surface area (Å²) in [6.07, 6.45) is 2.79. The number of carbonyl (C=O) groups is 1. The third-order valence-corrected chi connectivity index (χ3v) is 5.27. The van der Waals surface area contributed by atoms with Crippen LogP contribution < -0.4 is 10.1 Å². The fraction of sp³-hybridized carbons (Fsp3) is 0.316. The topological polar surface area (TPSA) is 81.5 Å². The maximum Gasteiger partial charge on any atom is 0.270 e. The molecule has 6 heteroatoms. The third-order valence-electron chi connectivity index (χ3n) is 5.27. The van der Waals surface area contributed by atoms with Crippen LogP contribution >= 0.6 is 0 Å². The average molecular weight is 338 g/mol. The Morgan fingerprint density at radius 3 is 2.40 bits per heavy atom. The van der Waals surface area contributed by atoms with Crippen LogP contribution in [0.2, 0.25) is 0 Å². The van der Waals surface area contributed by atoms with Crippen LogP contribution in [0.15, 0.2) is 30.3 Å². The molecule has 2 aromatic rings. The number of nitro benzene ring substituents is 1. The molecule has 4 rings (SSSR count). The summed E-state index contributed by atoms with van der Waals surface area (Å²) in [6.45, 7) is 3.59. The average Bonchev–Trinajstić information content (AvgIpc) is 2.81. The van der Waals surface area contributed by atoms with Gasteiger partial charge in [0, 0.05) is 17.8 Å². The van der Waals surface area contributed by atoms with Gasteiger partial charge in [0.2, 0.25) is 5.91 Å². The van der Waals surface area contributed by atoms with Gasteiger partial charge < -0.3 is 10.1 Å². The normalized spacial score (nSPS) is 17.0. The highest BCUT2D eigenvalue weighted by molar-refractivity contribution is 6.07. The van der Waals surface area contributed by atoms with Crippen molar-refractivity contribution in [1.29, 1.82) is 0 Å². The molecule has 0 unspecified atom stereocenters. The largest absolute Gasteiger partial charge is 0.457 e. The summed E-state index contributed by atoms with van der Waals surface area (Å²) >= 11 is 0. The van der Waals surface area contributed by atoms with Gasteiger partial charge in [-0.05, 0) is 61.6 Å². The number of carbonyl (C=O) groups excluding carboxylic acids is 1. The van der Waals surface area contributed by atoms with Gasteiger partial charge in [0.25, 0.3) is 5.69 Å². The Bertz CT molecular complexity index is 893. The molecule has 1 saturated carbocycles. The molecule has 0 saturated heterocycles. The first-order valence-corrected chi connectivity index (χ1v) is 8.30. The first-order valence-electron chi connectivity index (χ1n) is 8.30. The SMILES string of the molecule is Cc1cc([N+](=O)[O-])cc(C)c1Oc1ccc2c(c1)C1(CCC1)C(=O)N2. The number of amides is 1. The smallest absolute Gasteiger partial charge is 0.270 e. The standard InChI is InChI=1S/C19H18N2O4/c1-11-8-13(21(23)24)9-12(2)17(11)25-14-4-5-16-15(10-14)19(6-3-7-19)18(22)20-16/h4-5,8-10H,3,6-7H2,1-2H3,(H,20,22). The van der Waals surface area contributed by atoms with Crippen LogP contribution in [-0.4, -0.2) is 10.8 Å². The van der Waals surface area contributed by atoms with E-state index in [4.69, 9.17) is 4.74 Å². The quantitative estimate of drug-likeness (QED) is 0.665. The number of nitrogens with one attached hydrogen (secondary N) is 1. The molecule has 1 fully saturated rings. The van der Waals surface area contributed by atoms with Crippen molar-refractivity contribution in [2.24, 2.45) is 0 Å². The van der Waals surface area contributed by atoms with Gasteiger partial charge in [-0.15, -0.1) is 0 Å². The number of nitrogens with zero attached hydrogens (tertiary/aromatic N) is 1. The summed E-state index contributed by atoms with van der Waals surface area (Å²) < 4.78 is 6.04. The zero-order valence-electron chi connectivity index (χ0n) is 14.1. The minimum Gasteiger partial charge on any atom is -0.457 e. The monoisotopic (exact) mass is 338 g/mol. The van der Waals surface area contributed by atoms with Crippen LogP contribution in [0.5, 0.6) is 11.5 Å². The molecule has 2 aromatic carbocycles. The number of nitro groups is 1. The number of benzene rings is 2. The van der Waals surface area contributed by atoms with E-state index in [0.717, 1.165) is 30.5 Å². The van der Waals surface area contributed by atoms with Gasteiger partial charge in [-0.1, -0.05) is 6.42 Å². The molecule has 2 aliphatic rings. The van der Waals surface area contributed by atoms with Gasteiger partial charge in [0.1, 0.15) is 11.5 Å². The molecule has 1 N–H and O–H groups in total. The van der Waals surface area contributed by atoms with Crippen LogP contribution in [0, 0.1) is 24.0 Å². The van der Waals surface area contributed by atoms with Crippen molar-refractivity contribution < 1.29 is 14.5 Å². The summed E-state index contributed by atoms with van der Waals surface area (Å²) in [5.74, 6) is 1.33. The van der Waals surface area contributed by atoms with Gasteiger partial charge >= 0.3 is 0 Å². The lowest BCUT2D eigenvalue weighted by molar-refractivity contribution is -0.385. The Labute approximate surface area is 145 Å². The second-order valence-electron chi connectivity index (χ2n) is 6.87. The zero-order chi connectivity index (χ0) is 17.8. The molecule has 1 heterocycles. The molecule has 6 nitrogen and oxygen atoms in total. The minimum absolute atomic E-state index is 0.0551. The molecule has 0 radical (unpaired) electrons. The number of ether oxygens (including phenoxy) is 1. The van der Waals surface area contributed by atoms with Gasteiger partial charge in [-0.25, -0.2) is 0 Å². The Balaban J connectivity index is 1.70. The summed E-state index contributed by atoms with van der Waals surface area (Å²) in [7, 11) is 0. The maximum absolute atomic E-state index is 12.3. The lowest BCUT2D eigenvalue weighted by Crippen LogP contribution is -2.40. The molecular formula is C19H18N2O4. The number of non-ortho nitro benzene ring substituents is 1. The third kappa shape index (κ3) is 2.28. The molecule has 25 heavy (non-hydrogen) atoms. The Kier molecular flexibility index (Phi) is 3.32. The molecule has 1 aliphatic heterocycles. The summed E-state index contributed by atoms with van der Waals surface area (Å²) in [5, 5.41) is 13.9. The molecule has 0 bridgehead atoms. The zero-order valence-corrected chi connectivity index (χ0v) is 14.1. The number of aryl methyl sites for hydroxylation is 2. The van der Waals surface area contributed by atoms with Crippen molar-refractivity contribution in [1.82, 2.24) is 0 Å². The second kappa shape index (κ2) is 5.31. The van der Waals surface area contributed by atoms with Gasteiger partial charge in [-0.3, -0.25) is 14.9 Å². The van der Waals surface area contributed by atoms with Crippen molar-refractivity contribution >= 4 is 17.3 Å². The van der Waals surface area contributed by atoms with Crippen molar-refractivity contribution in [2.75, 3.05) is 5.32 Å². The second-order valence-corrected chi connectivity index (χ2v) is 6.87. The maximum atomic E-state index is 12.3. The fourth-order valence-electron chi connectivity index (χ4n) is 3.79. The first-order chi connectivity index (χ1) is 11.9. The lowest BCUT2D eigenvalue weighted by Gasteiger charge is -2.36. The van der Waals surface area contributed by atoms with Crippen LogP contribution in [0.1, 0.15) is 36.0 Å². The van der Waals surface area contributed by atoms with E-state index in [0.29, 0.717) is 22.6 Å². The highest BCUT2D eigenvalue weighted by Crippen LogP contribution is 2.52. The fourth-order valence-corrected chi connectivity index (χ4v) is 3.79. The van der Waals surface area contributed by atoms with Crippen molar-refractivity contribution in [3.05, 3.63) is 57.1 Å². The minimum atomic E-state index is -0.406. The number of rotatable bonds is 3. The molecule has 128 valence electrons. The van der Waals surface area contributed by atoms with E-state index in [-0.39, 0.29) is 11.6 Å². The van der Waals surface area contributed by atoms with E-state index in [1.807, 2.05) is 18.2 Å². The predicted octanol–water partition coefficient (Wildman–Crippen LogP) is 4.38. The van der Waals surface area contributed by atoms with E-state index in [2.05, 4.69) is 5.32 Å². The molecule has 1 aliphatic carbocycles. The van der Waals surface area contributed by atoms with Crippen molar-refractivity contribution in [3.8, 4) is 11.5 Å². The van der Waals surface area contributed by atoms with E-state index >= 15 is 0 Å². The van der Waals surface area contributed by atoms with Gasteiger partial charge in [-0.2, -0.15) is 0 Å². The van der Waals surface area contributed by atoms with E-state index < -0.39 is 10.3 Å². The highest BCUT2D eigenvalue weighted by Gasteiger charge is 2.51. The predicted molar refractivity (Wildman–Crippen MR) is 93.2 cm³/mol. The summed E-state index contributed by atoms with van der Waals surface area (Å²) in [5.41, 5.74) is 2.93. The Morgan fingerprint density at radius 2 is 1.84 bits per heavy atom. The summed E-state index contributed by atoms with van der Waals surface area (Å²) in [4.78, 5) is 22.9. The number of hydrogen-bond donors (Lipinski definition) is 1. The molecule has 1 spiro atoms. The molecule has 1 amide bonds. The van der Waals surface area contributed by atoms with Crippen molar-refractivity contribution in [2.45, 2.75) is 38.5 Å². The highest BCUT2D eigenvalue weighted by atomic mass is 16.6. The van der Waals surface area contributed by atoms with Gasteiger partial charge in [0.05, 0.1) is 10.3 Å². The summed E-state index contributed by atoms with van der Waals surface area (Å²) in [6, 6.07) is 8.62. The molecule has 0 aromatic heterocycles. The van der Waals surface area contributed by atoms with Crippen LogP contribution in [0.4, 0.5) is 11.4 Å². The van der Waals surface area contributed by atoms with Crippen LogP contribution in [0.3, 0.4) is 0 Å². The number of anilines is 1.